The van der Waals surface area contributed by atoms with E-state index < -0.39 is 5.41 Å². The second-order valence-corrected chi connectivity index (χ2v) is 6.08. The monoisotopic (exact) mass is 292 g/mol. The Balaban J connectivity index is 2.19. The third-order valence-electron chi connectivity index (χ3n) is 4.57. The summed E-state index contributed by atoms with van der Waals surface area (Å²) in [6, 6.07) is 11.8. The highest BCUT2D eigenvalue weighted by molar-refractivity contribution is 5.63. The van der Waals surface area contributed by atoms with Gasteiger partial charge < -0.3 is 9.64 Å². The Morgan fingerprint density at radius 2 is 1.95 bits per heavy atom. The van der Waals surface area contributed by atoms with Crippen LogP contribution < -0.4 is 4.90 Å². The van der Waals surface area contributed by atoms with Gasteiger partial charge in [0.15, 0.2) is 5.41 Å². The molecular formula is C17H16N4O. The van der Waals surface area contributed by atoms with E-state index in [2.05, 4.69) is 23.1 Å². The Morgan fingerprint density at radius 3 is 2.59 bits per heavy atom. The van der Waals surface area contributed by atoms with Crippen LogP contribution in [0, 0.1) is 39.4 Å². The Kier molecular flexibility index (Phi) is 3.28. The molecule has 0 spiro atoms. The molecule has 0 saturated carbocycles. The zero-order valence-electron chi connectivity index (χ0n) is 12.6. The molecule has 1 aromatic carbocycles. The van der Waals surface area contributed by atoms with E-state index >= 15 is 0 Å². The number of hydrogen-bond acceptors (Lipinski definition) is 5. The van der Waals surface area contributed by atoms with E-state index in [-0.39, 0.29) is 18.2 Å². The fourth-order valence-electron chi connectivity index (χ4n) is 3.76. The number of ether oxygens (including phenoxy) is 1. The van der Waals surface area contributed by atoms with Crippen LogP contribution in [0.15, 0.2) is 18.2 Å². The second-order valence-electron chi connectivity index (χ2n) is 6.08. The summed E-state index contributed by atoms with van der Waals surface area (Å²) < 4.78 is 5.88. The highest BCUT2D eigenvalue weighted by Crippen LogP contribution is 2.44. The fraction of sp³-hybridized carbons (Fsp3) is 0.471. The van der Waals surface area contributed by atoms with Crippen molar-refractivity contribution < 1.29 is 4.74 Å². The first-order chi connectivity index (χ1) is 10.5. The van der Waals surface area contributed by atoms with Gasteiger partial charge in [-0.15, -0.1) is 0 Å². The first-order valence-electron chi connectivity index (χ1n) is 7.32. The van der Waals surface area contributed by atoms with Crippen LogP contribution >= 0.6 is 0 Å². The zero-order chi connectivity index (χ0) is 15.9. The average Bonchev–Trinajstić information content (AvgIpc) is 2.52. The van der Waals surface area contributed by atoms with Crippen LogP contribution in [0.1, 0.15) is 25.0 Å². The summed E-state index contributed by atoms with van der Waals surface area (Å²) in [6.45, 7) is 4.55. The number of hydrogen-bond donors (Lipinski definition) is 0. The van der Waals surface area contributed by atoms with Crippen LogP contribution in [0.4, 0.5) is 5.69 Å². The summed E-state index contributed by atoms with van der Waals surface area (Å²) in [5, 5.41) is 28.5. The molecule has 0 unspecified atom stereocenters. The van der Waals surface area contributed by atoms with Crippen molar-refractivity contribution in [3.63, 3.8) is 0 Å². The molecule has 5 heteroatoms. The Labute approximate surface area is 129 Å². The lowest BCUT2D eigenvalue weighted by Crippen LogP contribution is -2.63. The van der Waals surface area contributed by atoms with Crippen molar-refractivity contribution in [2.75, 3.05) is 11.4 Å². The molecule has 1 fully saturated rings. The van der Waals surface area contributed by atoms with Crippen LogP contribution in [0.3, 0.4) is 0 Å². The van der Waals surface area contributed by atoms with Gasteiger partial charge in [0.05, 0.1) is 42.0 Å². The number of benzene rings is 1. The summed E-state index contributed by atoms with van der Waals surface area (Å²) in [5.41, 5.74) is 1.30. The van der Waals surface area contributed by atoms with Gasteiger partial charge in [-0.25, -0.2) is 0 Å². The molecule has 0 amide bonds. The molecule has 2 aliphatic heterocycles. The molecule has 0 bridgehead atoms. The van der Waals surface area contributed by atoms with Crippen molar-refractivity contribution in [3.05, 3.63) is 29.3 Å². The van der Waals surface area contributed by atoms with Gasteiger partial charge in [-0.05, 0) is 37.6 Å². The Bertz CT molecular complexity index is 722. The maximum absolute atomic E-state index is 9.70. The minimum atomic E-state index is -1.15. The number of rotatable bonds is 0. The zero-order valence-corrected chi connectivity index (χ0v) is 12.6. The van der Waals surface area contributed by atoms with Crippen molar-refractivity contribution in [2.45, 2.75) is 38.5 Å². The van der Waals surface area contributed by atoms with Crippen LogP contribution in [-0.4, -0.2) is 24.8 Å². The molecule has 0 aliphatic carbocycles. The molecule has 0 N–H and O–H groups in total. The van der Waals surface area contributed by atoms with Crippen molar-refractivity contribution >= 4 is 5.69 Å². The van der Waals surface area contributed by atoms with E-state index in [1.54, 1.807) is 12.1 Å². The first kappa shape index (κ1) is 14.4. The number of nitriles is 3. The molecular weight excluding hydrogens is 276 g/mol. The van der Waals surface area contributed by atoms with Crippen molar-refractivity contribution in [1.29, 1.82) is 15.8 Å². The lowest BCUT2D eigenvalue weighted by molar-refractivity contribution is -0.0467. The maximum Gasteiger partial charge on any atom is 0.170 e. The van der Waals surface area contributed by atoms with Gasteiger partial charge in [0, 0.05) is 18.7 Å². The first-order valence-corrected chi connectivity index (χ1v) is 7.32. The molecule has 1 saturated heterocycles. The fourth-order valence-corrected chi connectivity index (χ4v) is 3.76. The summed E-state index contributed by atoms with van der Waals surface area (Å²) >= 11 is 0. The number of anilines is 1. The molecule has 3 atom stereocenters. The van der Waals surface area contributed by atoms with Gasteiger partial charge in [0.2, 0.25) is 0 Å². The highest BCUT2D eigenvalue weighted by Gasteiger charge is 2.52. The van der Waals surface area contributed by atoms with E-state index in [1.807, 2.05) is 19.9 Å². The molecule has 110 valence electrons. The van der Waals surface area contributed by atoms with Gasteiger partial charge in [-0.2, -0.15) is 15.8 Å². The standard InChI is InChI=1S/C17H16N4O/c1-11-8-21-15-4-3-13(7-18)5-14(15)6-17(9-19,10-20)16(21)12(2)22-11/h3-5,11-12,16H,6,8H2,1-2H3/t11-,12+,16+/m1/s1. The molecule has 0 radical (unpaired) electrons. The van der Waals surface area contributed by atoms with E-state index in [4.69, 9.17) is 10.00 Å². The van der Waals surface area contributed by atoms with Crippen LogP contribution in [-0.2, 0) is 11.2 Å². The molecule has 5 nitrogen and oxygen atoms in total. The second kappa shape index (κ2) is 5.02. The van der Waals surface area contributed by atoms with E-state index in [0.29, 0.717) is 18.5 Å². The maximum atomic E-state index is 9.70. The van der Waals surface area contributed by atoms with Gasteiger partial charge in [-0.3, -0.25) is 0 Å². The van der Waals surface area contributed by atoms with Gasteiger partial charge in [0.25, 0.3) is 0 Å². The quantitative estimate of drug-likeness (QED) is 0.731. The Hall–Kier alpha value is -2.55. The van der Waals surface area contributed by atoms with Crippen molar-refractivity contribution in [1.82, 2.24) is 0 Å². The Morgan fingerprint density at radius 1 is 1.23 bits per heavy atom. The van der Waals surface area contributed by atoms with Gasteiger partial charge in [0.1, 0.15) is 0 Å². The van der Waals surface area contributed by atoms with E-state index in [9.17, 15) is 10.5 Å². The lowest BCUT2D eigenvalue weighted by Gasteiger charge is -2.51. The van der Waals surface area contributed by atoms with Crippen LogP contribution in [0.25, 0.3) is 0 Å². The lowest BCUT2D eigenvalue weighted by atomic mass is 9.70. The molecule has 2 heterocycles. The minimum absolute atomic E-state index is 0.0305. The minimum Gasteiger partial charge on any atom is -0.371 e. The number of nitrogens with zero attached hydrogens (tertiary/aromatic N) is 4. The third kappa shape index (κ3) is 1.93. The third-order valence-corrected chi connectivity index (χ3v) is 4.57. The molecule has 22 heavy (non-hydrogen) atoms. The van der Waals surface area contributed by atoms with E-state index in [1.165, 1.54) is 0 Å². The molecule has 1 aromatic rings. The molecule has 2 aliphatic rings. The van der Waals surface area contributed by atoms with Crippen LogP contribution in [0.5, 0.6) is 0 Å². The summed E-state index contributed by atoms with van der Waals surface area (Å²) in [4.78, 5) is 2.12. The number of fused-ring (bicyclic) bond motifs is 3. The number of morpholine rings is 1. The summed E-state index contributed by atoms with van der Waals surface area (Å²) in [7, 11) is 0. The van der Waals surface area contributed by atoms with Crippen LogP contribution in [0.2, 0.25) is 0 Å². The normalized spacial score (nSPS) is 28.5. The summed E-state index contributed by atoms with van der Waals surface area (Å²) in [6.07, 6.45) is 0.156. The SMILES string of the molecule is C[C@@H]1CN2c3ccc(C#N)cc3CC(C#N)(C#N)[C@@H]2[C@H](C)O1. The van der Waals surface area contributed by atoms with Crippen molar-refractivity contribution in [2.24, 2.45) is 5.41 Å². The smallest absolute Gasteiger partial charge is 0.170 e. The molecule has 0 aromatic heterocycles. The van der Waals surface area contributed by atoms with E-state index in [0.717, 1.165) is 11.3 Å². The summed E-state index contributed by atoms with van der Waals surface area (Å²) in [5.74, 6) is 0. The highest BCUT2D eigenvalue weighted by atomic mass is 16.5. The van der Waals surface area contributed by atoms with Gasteiger partial charge in [-0.1, -0.05) is 0 Å². The predicted molar refractivity (Wildman–Crippen MR) is 79.7 cm³/mol. The van der Waals surface area contributed by atoms with Gasteiger partial charge >= 0.3 is 0 Å². The van der Waals surface area contributed by atoms with Crippen molar-refractivity contribution in [3.8, 4) is 18.2 Å². The average molecular weight is 292 g/mol. The predicted octanol–water partition coefficient (Wildman–Crippen LogP) is 2.13. The molecule has 3 rings (SSSR count). The largest absolute Gasteiger partial charge is 0.371 e. The topological polar surface area (TPSA) is 83.8 Å².